The van der Waals surface area contributed by atoms with Crippen LogP contribution in [0.2, 0.25) is 0 Å². The van der Waals surface area contributed by atoms with Crippen LogP contribution >= 0.6 is 0 Å². The maximum atomic E-state index is 6.88. The molecule has 0 atom stereocenters. The highest BCUT2D eigenvalue weighted by atomic mass is 16.3. The highest BCUT2D eigenvalue weighted by molar-refractivity contribution is 6.19. The van der Waals surface area contributed by atoms with Crippen LogP contribution in [0.1, 0.15) is 25.0 Å². The van der Waals surface area contributed by atoms with E-state index in [-0.39, 0.29) is 5.41 Å². The Hall–Kier alpha value is -6.90. The molecule has 0 saturated heterocycles. The lowest BCUT2D eigenvalue weighted by molar-refractivity contribution is 0.660. The molecular weight excluding hydrogens is 667 g/mol. The summed E-state index contributed by atoms with van der Waals surface area (Å²) >= 11 is 0. The van der Waals surface area contributed by atoms with Crippen LogP contribution in [0.4, 0.5) is 17.1 Å². The molecule has 0 radical (unpaired) electrons. The van der Waals surface area contributed by atoms with Gasteiger partial charge in [-0.05, 0) is 97.6 Å². The van der Waals surface area contributed by atoms with Crippen LogP contribution in [-0.2, 0) is 5.41 Å². The lowest BCUT2D eigenvalue weighted by Gasteiger charge is -2.29. The summed E-state index contributed by atoms with van der Waals surface area (Å²) in [6.07, 6.45) is 0. The Bertz CT molecular complexity index is 3110. The summed E-state index contributed by atoms with van der Waals surface area (Å²) in [7, 11) is 0. The van der Waals surface area contributed by atoms with Gasteiger partial charge >= 0.3 is 0 Å². The van der Waals surface area contributed by atoms with E-state index in [1.807, 2.05) is 0 Å². The Morgan fingerprint density at radius 1 is 0.418 bits per heavy atom. The molecule has 1 aromatic heterocycles. The van der Waals surface area contributed by atoms with E-state index in [1.165, 1.54) is 54.9 Å². The van der Waals surface area contributed by atoms with Crippen molar-refractivity contribution in [3.8, 4) is 33.4 Å². The van der Waals surface area contributed by atoms with Gasteiger partial charge in [0.2, 0.25) is 0 Å². The van der Waals surface area contributed by atoms with Gasteiger partial charge in [-0.2, -0.15) is 0 Å². The SMILES string of the molecule is CC1(C)c2ccccc2-c2ccc(N(c3ccc4oc5c(-c6ccc(-c7ccccc7)cc6)c6ccccc6cc5c4c3)c3cccc4ccccc34)cc21. The van der Waals surface area contributed by atoms with Crippen LogP contribution in [0.25, 0.3) is 76.9 Å². The first-order valence-corrected chi connectivity index (χ1v) is 19.1. The highest BCUT2D eigenvalue weighted by Crippen LogP contribution is 2.51. The summed E-state index contributed by atoms with van der Waals surface area (Å²) in [5.41, 5.74) is 15.1. The third kappa shape index (κ3) is 4.88. The largest absolute Gasteiger partial charge is 0.455 e. The molecular formula is C53H37NO. The molecule has 0 fully saturated rings. The number of anilines is 3. The van der Waals surface area contributed by atoms with E-state index in [0.29, 0.717) is 0 Å². The van der Waals surface area contributed by atoms with Gasteiger partial charge in [-0.15, -0.1) is 0 Å². The molecule has 0 bridgehead atoms. The van der Waals surface area contributed by atoms with E-state index in [1.54, 1.807) is 0 Å². The summed E-state index contributed by atoms with van der Waals surface area (Å²) in [4.78, 5) is 2.43. The van der Waals surface area contributed by atoms with Crippen molar-refractivity contribution < 1.29 is 4.42 Å². The average Bonchev–Trinajstić information content (AvgIpc) is 3.71. The van der Waals surface area contributed by atoms with Gasteiger partial charge in [0.25, 0.3) is 0 Å². The summed E-state index contributed by atoms with van der Waals surface area (Å²) in [5.74, 6) is 0. The van der Waals surface area contributed by atoms with E-state index in [9.17, 15) is 0 Å². The fourth-order valence-corrected chi connectivity index (χ4v) is 9.11. The molecule has 0 N–H and O–H groups in total. The van der Waals surface area contributed by atoms with Crippen LogP contribution in [0, 0.1) is 0 Å². The van der Waals surface area contributed by atoms with Crippen molar-refractivity contribution in [1.82, 2.24) is 0 Å². The van der Waals surface area contributed by atoms with Gasteiger partial charge in [0.1, 0.15) is 11.2 Å². The van der Waals surface area contributed by atoms with Gasteiger partial charge in [-0.3, -0.25) is 0 Å². The quantitative estimate of drug-likeness (QED) is 0.177. The minimum Gasteiger partial charge on any atom is -0.455 e. The highest BCUT2D eigenvalue weighted by Gasteiger charge is 2.36. The standard InChI is InChI=1S/C53H37NO/c1-53(2)47-21-11-10-20-43(47)44-29-27-40(33-48(44)53)54(49-22-12-17-36-15-6-8-18-41(36)49)39-28-30-50-45(32-39)46-31-38-16-7-9-19-42(38)51(52(46)55-50)37-25-23-35(24-26-37)34-13-4-3-5-14-34/h3-33H,1-2H3. The van der Waals surface area contributed by atoms with Crippen molar-refractivity contribution in [3.63, 3.8) is 0 Å². The van der Waals surface area contributed by atoms with Crippen molar-refractivity contribution in [2.24, 2.45) is 0 Å². The third-order valence-electron chi connectivity index (χ3n) is 11.8. The predicted molar refractivity (Wildman–Crippen MR) is 232 cm³/mol. The zero-order valence-corrected chi connectivity index (χ0v) is 30.8. The van der Waals surface area contributed by atoms with E-state index >= 15 is 0 Å². The van der Waals surface area contributed by atoms with Crippen LogP contribution in [0.3, 0.4) is 0 Å². The van der Waals surface area contributed by atoms with Crippen LogP contribution < -0.4 is 4.90 Å². The van der Waals surface area contributed by atoms with Gasteiger partial charge in [-0.1, -0.05) is 159 Å². The molecule has 1 heterocycles. The molecule has 0 aliphatic heterocycles. The van der Waals surface area contributed by atoms with Crippen LogP contribution in [0.15, 0.2) is 192 Å². The summed E-state index contributed by atoms with van der Waals surface area (Å²) in [6.45, 7) is 4.70. The lowest BCUT2D eigenvalue weighted by atomic mass is 9.82. The van der Waals surface area contributed by atoms with Gasteiger partial charge < -0.3 is 9.32 Å². The molecule has 2 heteroatoms. The molecule has 9 aromatic carbocycles. The fraction of sp³-hybridized carbons (Fsp3) is 0.0566. The topological polar surface area (TPSA) is 16.4 Å². The van der Waals surface area contributed by atoms with E-state index in [0.717, 1.165) is 50.1 Å². The molecule has 0 amide bonds. The Morgan fingerprint density at radius 3 is 1.91 bits per heavy atom. The first-order valence-electron chi connectivity index (χ1n) is 19.1. The molecule has 11 rings (SSSR count). The first kappa shape index (κ1) is 31.6. The number of nitrogens with zero attached hydrogens (tertiary/aromatic N) is 1. The second-order valence-electron chi connectivity index (χ2n) is 15.3. The Morgan fingerprint density at radius 2 is 1.05 bits per heavy atom. The van der Waals surface area contributed by atoms with E-state index < -0.39 is 0 Å². The van der Waals surface area contributed by atoms with Crippen LogP contribution in [0.5, 0.6) is 0 Å². The number of fused-ring (bicyclic) bond motifs is 8. The zero-order chi connectivity index (χ0) is 36.7. The Labute approximate surface area is 320 Å². The number of furan rings is 1. The molecule has 55 heavy (non-hydrogen) atoms. The minimum atomic E-state index is -0.117. The second kappa shape index (κ2) is 12.1. The average molecular weight is 704 g/mol. The van der Waals surface area contributed by atoms with Crippen molar-refractivity contribution in [3.05, 3.63) is 199 Å². The predicted octanol–water partition coefficient (Wildman–Crippen LogP) is 15.0. The summed E-state index contributed by atoms with van der Waals surface area (Å²) in [6, 6.07) is 68.3. The van der Waals surface area contributed by atoms with Crippen molar-refractivity contribution in [2.75, 3.05) is 4.90 Å². The smallest absolute Gasteiger partial charge is 0.143 e. The number of rotatable bonds is 5. The number of hydrogen-bond donors (Lipinski definition) is 0. The van der Waals surface area contributed by atoms with E-state index in [2.05, 4.69) is 207 Å². The fourth-order valence-electron chi connectivity index (χ4n) is 9.11. The zero-order valence-electron chi connectivity index (χ0n) is 30.8. The van der Waals surface area contributed by atoms with Crippen LogP contribution in [-0.4, -0.2) is 0 Å². The van der Waals surface area contributed by atoms with Gasteiger partial charge in [0, 0.05) is 38.5 Å². The molecule has 10 aromatic rings. The third-order valence-corrected chi connectivity index (χ3v) is 11.8. The maximum Gasteiger partial charge on any atom is 0.143 e. The lowest BCUT2D eigenvalue weighted by Crippen LogP contribution is -2.16. The molecule has 1 aliphatic rings. The molecule has 0 saturated carbocycles. The summed E-state index contributed by atoms with van der Waals surface area (Å²) in [5, 5.41) is 7.00. The molecule has 1 aliphatic carbocycles. The van der Waals surface area contributed by atoms with Gasteiger partial charge in [-0.25, -0.2) is 0 Å². The molecule has 260 valence electrons. The second-order valence-corrected chi connectivity index (χ2v) is 15.3. The minimum absolute atomic E-state index is 0.117. The Balaban J connectivity index is 1.13. The maximum absolute atomic E-state index is 6.88. The Kier molecular flexibility index (Phi) is 6.93. The van der Waals surface area contributed by atoms with Crippen molar-refractivity contribution in [1.29, 1.82) is 0 Å². The van der Waals surface area contributed by atoms with Gasteiger partial charge in [0.05, 0.1) is 5.69 Å². The monoisotopic (exact) mass is 703 g/mol. The van der Waals surface area contributed by atoms with Gasteiger partial charge in [0.15, 0.2) is 0 Å². The van der Waals surface area contributed by atoms with Crippen molar-refractivity contribution >= 4 is 60.5 Å². The molecule has 2 nitrogen and oxygen atoms in total. The summed E-state index contributed by atoms with van der Waals surface area (Å²) < 4.78 is 6.88. The molecule has 0 unspecified atom stereocenters. The first-order chi connectivity index (χ1) is 27.0. The number of benzene rings is 9. The van der Waals surface area contributed by atoms with Crippen molar-refractivity contribution in [2.45, 2.75) is 19.3 Å². The van der Waals surface area contributed by atoms with E-state index in [4.69, 9.17) is 4.42 Å². The normalized spacial score (nSPS) is 13.1. The number of hydrogen-bond acceptors (Lipinski definition) is 2. The molecule has 0 spiro atoms.